The van der Waals surface area contributed by atoms with Crippen LogP contribution in [0.1, 0.15) is 53.2 Å². The zero-order valence-electron chi connectivity index (χ0n) is 18.7. The van der Waals surface area contributed by atoms with Gasteiger partial charge in [-0.1, -0.05) is 49.2 Å². The molecule has 2 N–H and O–H groups in total. The van der Waals surface area contributed by atoms with Gasteiger partial charge in [-0.2, -0.15) is 0 Å². The zero-order valence-corrected chi connectivity index (χ0v) is 18.7. The summed E-state index contributed by atoms with van der Waals surface area (Å²) < 4.78 is 3.35. The summed E-state index contributed by atoms with van der Waals surface area (Å²) in [5, 5.41) is 12.2. The lowest BCUT2D eigenvalue weighted by Gasteiger charge is -2.20. The number of carbonyl (C=O) groups excluding carboxylic acids is 1. The maximum absolute atomic E-state index is 13.4. The minimum absolute atomic E-state index is 0.0652. The second-order valence-electron chi connectivity index (χ2n) is 8.75. The highest BCUT2D eigenvalue weighted by Gasteiger charge is 2.24. The van der Waals surface area contributed by atoms with E-state index in [9.17, 15) is 9.59 Å². The lowest BCUT2D eigenvalue weighted by Crippen LogP contribution is -2.36. The summed E-state index contributed by atoms with van der Waals surface area (Å²) in [6.07, 6.45) is 6.37. The maximum Gasteiger partial charge on any atom is 0.267 e. The van der Waals surface area contributed by atoms with Crippen LogP contribution >= 0.6 is 0 Å². The van der Waals surface area contributed by atoms with Crippen molar-refractivity contribution in [3.05, 3.63) is 87.3 Å². The molecule has 0 radical (unpaired) electrons. The van der Waals surface area contributed by atoms with E-state index in [0.29, 0.717) is 29.6 Å². The van der Waals surface area contributed by atoms with Gasteiger partial charge in [0.25, 0.3) is 11.5 Å². The van der Waals surface area contributed by atoms with Crippen LogP contribution in [-0.4, -0.2) is 26.4 Å². The third-order valence-electron chi connectivity index (χ3n) is 6.55. The van der Waals surface area contributed by atoms with Crippen LogP contribution in [0.25, 0.3) is 16.7 Å². The van der Waals surface area contributed by atoms with Crippen LogP contribution in [0.4, 0.5) is 0 Å². The number of rotatable bonds is 5. The van der Waals surface area contributed by atoms with E-state index in [4.69, 9.17) is 10.4 Å². The van der Waals surface area contributed by atoms with E-state index in [-0.39, 0.29) is 28.6 Å². The van der Waals surface area contributed by atoms with Crippen molar-refractivity contribution >= 4 is 22.6 Å². The van der Waals surface area contributed by atoms with Gasteiger partial charge in [0.15, 0.2) is 0 Å². The van der Waals surface area contributed by atoms with Crippen LogP contribution < -0.4 is 16.4 Å². The first-order chi connectivity index (χ1) is 16.0. The lowest BCUT2D eigenvalue weighted by atomic mass is 10.1. The van der Waals surface area contributed by atoms with E-state index in [1.165, 1.54) is 4.40 Å². The summed E-state index contributed by atoms with van der Waals surface area (Å²) in [5.41, 5.74) is 3.22. The van der Waals surface area contributed by atoms with Gasteiger partial charge in [0.1, 0.15) is 16.8 Å². The van der Waals surface area contributed by atoms with Crippen molar-refractivity contribution in [1.82, 2.24) is 19.3 Å². The molecule has 3 aromatic heterocycles. The van der Waals surface area contributed by atoms with Crippen LogP contribution in [-0.2, 0) is 6.42 Å². The predicted octanol–water partition coefficient (Wildman–Crippen LogP) is 3.52. The van der Waals surface area contributed by atoms with Gasteiger partial charge in [-0.05, 0) is 49.4 Å². The SMILES string of the molecule is Cc1cccn2c(=O)c3cc(C(=O)NCCc4ccccc4)c(=N)n(C4CCCC4)c3nc12. The Bertz CT molecular complexity index is 1460. The van der Waals surface area contributed by atoms with Gasteiger partial charge in [0, 0.05) is 18.8 Å². The highest BCUT2D eigenvalue weighted by Crippen LogP contribution is 2.30. The molecule has 0 aliphatic heterocycles. The summed E-state index contributed by atoms with van der Waals surface area (Å²) >= 11 is 0. The standard InChI is InChI=1S/C26H27N5O2/c1-17-8-7-15-30-23(17)29-24-21(26(30)33)16-20(22(27)31(24)19-11-5-6-12-19)25(32)28-14-13-18-9-3-2-4-10-18/h2-4,7-10,15-16,19,27H,5-6,11-14H2,1H3,(H,28,32). The Kier molecular flexibility index (Phi) is 5.54. The number of nitrogens with zero attached hydrogens (tertiary/aromatic N) is 3. The largest absolute Gasteiger partial charge is 0.352 e. The Balaban J connectivity index is 1.61. The van der Waals surface area contributed by atoms with Crippen LogP contribution in [0.15, 0.2) is 59.5 Å². The van der Waals surface area contributed by atoms with E-state index in [1.54, 1.807) is 12.3 Å². The molecule has 0 atom stereocenters. The van der Waals surface area contributed by atoms with Crippen molar-refractivity contribution in [3.63, 3.8) is 0 Å². The number of hydrogen-bond donors (Lipinski definition) is 2. The number of amides is 1. The quantitative estimate of drug-likeness (QED) is 0.464. The molecule has 1 aliphatic rings. The number of aromatic nitrogens is 3. The molecular formula is C26H27N5O2. The fourth-order valence-corrected chi connectivity index (χ4v) is 4.81. The molecule has 0 spiro atoms. The first-order valence-electron chi connectivity index (χ1n) is 11.5. The molecule has 1 saturated carbocycles. The van der Waals surface area contributed by atoms with Crippen molar-refractivity contribution in [3.8, 4) is 0 Å². The zero-order chi connectivity index (χ0) is 22.9. The molecule has 5 rings (SSSR count). The van der Waals surface area contributed by atoms with E-state index >= 15 is 0 Å². The van der Waals surface area contributed by atoms with Crippen LogP contribution in [0, 0.1) is 12.3 Å². The molecule has 0 bridgehead atoms. The predicted molar refractivity (Wildman–Crippen MR) is 128 cm³/mol. The van der Waals surface area contributed by atoms with Gasteiger partial charge in [-0.15, -0.1) is 0 Å². The summed E-state index contributed by atoms with van der Waals surface area (Å²) in [5.74, 6) is -0.335. The van der Waals surface area contributed by atoms with Crippen molar-refractivity contribution in [2.75, 3.05) is 6.54 Å². The van der Waals surface area contributed by atoms with Gasteiger partial charge in [0.2, 0.25) is 0 Å². The highest BCUT2D eigenvalue weighted by molar-refractivity contribution is 5.96. The van der Waals surface area contributed by atoms with Crippen LogP contribution in [0.3, 0.4) is 0 Å². The average Bonchev–Trinajstić information content (AvgIpc) is 3.35. The van der Waals surface area contributed by atoms with Crippen LogP contribution in [0.5, 0.6) is 0 Å². The second-order valence-corrected chi connectivity index (χ2v) is 8.75. The van der Waals surface area contributed by atoms with Crippen molar-refractivity contribution < 1.29 is 4.79 Å². The molecule has 1 fully saturated rings. The molecule has 1 aliphatic carbocycles. The third kappa shape index (κ3) is 3.84. The molecule has 3 heterocycles. The first-order valence-corrected chi connectivity index (χ1v) is 11.5. The minimum atomic E-state index is -0.335. The maximum atomic E-state index is 13.4. The number of benzene rings is 1. The van der Waals surface area contributed by atoms with Crippen molar-refractivity contribution in [2.45, 2.75) is 45.1 Å². The Hall–Kier alpha value is -3.74. The molecule has 7 heteroatoms. The summed E-state index contributed by atoms with van der Waals surface area (Å²) in [7, 11) is 0. The van der Waals surface area contributed by atoms with Gasteiger partial charge in [0.05, 0.1) is 10.9 Å². The molecule has 1 amide bonds. The molecule has 33 heavy (non-hydrogen) atoms. The highest BCUT2D eigenvalue weighted by atomic mass is 16.1. The van der Waals surface area contributed by atoms with Gasteiger partial charge >= 0.3 is 0 Å². The molecule has 0 unspecified atom stereocenters. The topological polar surface area (TPSA) is 92.3 Å². The number of carbonyl (C=O) groups is 1. The number of fused-ring (bicyclic) bond motifs is 2. The molecule has 1 aromatic carbocycles. The summed E-state index contributed by atoms with van der Waals surface area (Å²) in [6.45, 7) is 2.38. The van der Waals surface area contributed by atoms with Gasteiger partial charge in [-0.25, -0.2) is 4.98 Å². The van der Waals surface area contributed by atoms with Crippen molar-refractivity contribution in [2.24, 2.45) is 0 Å². The fourth-order valence-electron chi connectivity index (χ4n) is 4.81. The normalized spacial score (nSPS) is 14.2. The first kappa shape index (κ1) is 21.1. The van der Waals surface area contributed by atoms with Crippen LogP contribution in [0.2, 0.25) is 0 Å². The van der Waals surface area contributed by atoms with E-state index < -0.39 is 0 Å². The van der Waals surface area contributed by atoms with E-state index in [0.717, 1.165) is 36.8 Å². The number of pyridine rings is 2. The monoisotopic (exact) mass is 441 g/mol. The Morgan fingerprint density at radius 1 is 1.12 bits per heavy atom. The van der Waals surface area contributed by atoms with Gasteiger partial charge < -0.3 is 9.88 Å². The minimum Gasteiger partial charge on any atom is -0.352 e. The smallest absolute Gasteiger partial charge is 0.267 e. The Morgan fingerprint density at radius 2 is 1.88 bits per heavy atom. The molecule has 7 nitrogen and oxygen atoms in total. The van der Waals surface area contributed by atoms with E-state index in [1.807, 2.05) is 54.0 Å². The lowest BCUT2D eigenvalue weighted by molar-refractivity contribution is 0.0951. The second kappa shape index (κ2) is 8.65. The van der Waals surface area contributed by atoms with Crippen molar-refractivity contribution in [1.29, 1.82) is 5.41 Å². The third-order valence-corrected chi connectivity index (χ3v) is 6.55. The number of hydrogen-bond acceptors (Lipinski definition) is 4. The molecule has 0 saturated heterocycles. The fraction of sp³-hybridized carbons (Fsp3) is 0.308. The van der Waals surface area contributed by atoms with Gasteiger partial charge in [-0.3, -0.25) is 19.4 Å². The summed E-state index contributed by atoms with van der Waals surface area (Å²) in [6, 6.07) is 15.3. The molecule has 168 valence electrons. The van der Waals surface area contributed by atoms with E-state index in [2.05, 4.69) is 5.32 Å². The Labute approximate surface area is 191 Å². The summed E-state index contributed by atoms with van der Waals surface area (Å²) in [4.78, 5) is 31.4. The number of nitrogens with one attached hydrogen (secondary N) is 2. The molecular weight excluding hydrogens is 414 g/mol. The number of aryl methyl sites for hydroxylation is 1. The average molecular weight is 442 g/mol. The Morgan fingerprint density at radius 3 is 2.64 bits per heavy atom. The molecule has 4 aromatic rings.